The molecule has 3 aromatic rings. The summed E-state index contributed by atoms with van der Waals surface area (Å²) in [5.74, 6) is -1.27. The number of ether oxygens (including phenoxy) is 1. The molecule has 1 atom stereocenters. The monoisotopic (exact) mass is 423 g/mol. The van der Waals surface area contributed by atoms with Gasteiger partial charge in [-0.05, 0) is 55.0 Å². The number of anilines is 1. The number of ketones is 1. The Labute approximate surface area is 177 Å². The summed E-state index contributed by atoms with van der Waals surface area (Å²) < 4.78 is 10.8. The third-order valence-corrected chi connectivity index (χ3v) is 5.00. The molecule has 0 saturated heterocycles. The highest BCUT2D eigenvalue weighted by Crippen LogP contribution is 2.43. The number of rotatable bonds is 6. The Kier molecular flexibility index (Phi) is 5.33. The summed E-state index contributed by atoms with van der Waals surface area (Å²) in [5.41, 5.74) is 0.991. The Morgan fingerprint density at radius 1 is 1.17 bits per heavy atom. The summed E-state index contributed by atoms with van der Waals surface area (Å²) >= 11 is 6.13. The van der Waals surface area contributed by atoms with Gasteiger partial charge in [0.05, 0.1) is 24.5 Å². The maximum absolute atomic E-state index is 13.2. The average molecular weight is 424 g/mol. The van der Waals surface area contributed by atoms with Crippen molar-refractivity contribution in [3.05, 3.63) is 94.6 Å². The van der Waals surface area contributed by atoms with Gasteiger partial charge in [-0.1, -0.05) is 29.8 Å². The third kappa shape index (κ3) is 3.46. The number of furan rings is 1. The van der Waals surface area contributed by atoms with E-state index in [0.29, 0.717) is 28.6 Å². The van der Waals surface area contributed by atoms with E-state index in [-0.39, 0.29) is 11.3 Å². The van der Waals surface area contributed by atoms with Crippen molar-refractivity contribution in [3.63, 3.8) is 0 Å². The largest absolute Gasteiger partial charge is 0.503 e. The summed E-state index contributed by atoms with van der Waals surface area (Å²) in [5, 5.41) is 11.1. The minimum Gasteiger partial charge on any atom is -0.503 e. The molecule has 0 fully saturated rings. The number of hydrogen-bond donors (Lipinski definition) is 1. The first-order valence-corrected chi connectivity index (χ1v) is 9.72. The van der Waals surface area contributed by atoms with Gasteiger partial charge in [0, 0.05) is 10.7 Å². The fourth-order valence-corrected chi connectivity index (χ4v) is 3.71. The van der Waals surface area contributed by atoms with Crippen LogP contribution in [0.4, 0.5) is 5.69 Å². The maximum Gasteiger partial charge on any atom is 0.294 e. The Balaban J connectivity index is 1.88. The molecule has 4 rings (SSSR count). The van der Waals surface area contributed by atoms with Crippen LogP contribution >= 0.6 is 11.6 Å². The van der Waals surface area contributed by atoms with E-state index in [0.717, 1.165) is 0 Å². The fraction of sp³-hybridized carbons (Fsp3) is 0.130. The molecule has 1 amide bonds. The van der Waals surface area contributed by atoms with Gasteiger partial charge in [-0.2, -0.15) is 0 Å². The molecule has 0 spiro atoms. The van der Waals surface area contributed by atoms with E-state index in [4.69, 9.17) is 20.8 Å². The Morgan fingerprint density at radius 2 is 1.97 bits per heavy atom. The van der Waals surface area contributed by atoms with Crippen molar-refractivity contribution in [2.24, 2.45) is 0 Å². The normalized spacial score (nSPS) is 16.3. The molecular formula is C23H18ClNO5. The molecule has 0 saturated carbocycles. The van der Waals surface area contributed by atoms with Crippen molar-refractivity contribution in [2.75, 3.05) is 11.5 Å². The van der Waals surface area contributed by atoms with Gasteiger partial charge in [0.2, 0.25) is 5.78 Å². The SMILES string of the molecule is CCOc1cccc(C2C(C(=O)c3ccco3)=C(O)C(=O)N2c2cccc(Cl)c2)c1. The predicted molar refractivity (Wildman–Crippen MR) is 112 cm³/mol. The van der Waals surface area contributed by atoms with E-state index >= 15 is 0 Å². The van der Waals surface area contributed by atoms with Crippen molar-refractivity contribution < 1.29 is 23.8 Å². The number of benzene rings is 2. The molecule has 0 bridgehead atoms. The first-order chi connectivity index (χ1) is 14.5. The van der Waals surface area contributed by atoms with Crippen molar-refractivity contribution in [3.8, 4) is 5.75 Å². The molecule has 6 nitrogen and oxygen atoms in total. The lowest BCUT2D eigenvalue weighted by Gasteiger charge is -2.27. The molecule has 152 valence electrons. The van der Waals surface area contributed by atoms with E-state index in [2.05, 4.69) is 0 Å². The fourth-order valence-electron chi connectivity index (χ4n) is 3.53. The molecular weight excluding hydrogens is 406 g/mol. The zero-order valence-corrected chi connectivity index (χ0v) is 16.8. The molecule has 30 heavy (non-hydrogen) atoms. The van der Waals surface area contributed by atoms with Gasteiger partial charge < -0.3 is 14.3 Å². The summed E-state index contributed by atoms with van der Waals surface area (Å²) in [6.45, 7) is 2.33. The van der Waals surface area contributed by atoms with E-state index in [1.807, 2.05) is 6.92 Å². The van der Waals surface area contributed by atoms with Crippen LogP contribution in [0.5, 0.6) is 5.75 Å². The Hall–Kier alpha value is -3.51. The molecule has 2 heterocycles. The smallest absolute Gasteiger partial charge is 0.294 e. The predicted octanol–water partition coefficient (Wildman–Crippen LogP) is 5.11. The van der Waals surface area contributed by atoms with E-state index in [1.54, 1.807) is 54.6 Å². The number of hydrogen-bond acceptors (Lipinski definition) is 5. The standard InChI is InChI=1S/C23H18ClNO5/c1-2-29-17-9-3-6-14(12-17)20-19(21(26)18-10-5-11-30-18)22(27)23(28)25(20)16-8-4-7-15(24)13-16/h3-13,20,27H,2H2,1H3. The van der Waals surface area contributed by atoms with E-state index in [9.17, 15) is 14.7 Å². The number of amides is 1. The van der Waals surface area contributed by atoms with Crippen LogP contribution in [0.25, 0.3) is 0 Å². The molecule has 0 aliphatic carbocycles. The minimum absolute atomic E-state index is 0.0308. The number of nitrogens with zero attached hydrogens (tertiary/aromatic N) is 1. The second-order valence-electron chi connectivity index (χ2n) is 6.63. The first-order valence-electron chi connectivity index (χ1n) is 9.34. The van der Waals surface area contributed by atoms with Crippen molar-refractivity contribution >= 4 is 29.0 Å². The van der Waals surface area contributed by atoms with Crippen LogP contribution in [-0.4, -0.2) is 23.4 Å². The van der Waals surface area contributed by atoms with Crippen LogP contribution < -0.4 is 9.64 Å². The molecule has 1 N–H and O–H groups in total. The lowest BCUT2D eigenvalue weighted by Crippen LogP contribution is -2.31. The lowest BCUT2D eigenvalue weighted by molar-refractivity contribution is -0.117. The van der Waals surface area contributed by atoms with Crippen LogP contribution in [0.3, 0.4) is 0 Å². The highest BCUT2D eigenvalue weighted by molar-refractivity contribution is 6.31. The summed E-state index contributed by atoms with van der Waals surface area (Å²) in [4.78, 5) is 27.6. The van der Waals surface area contributed by atoms with Gasteiger partial charge in [-0.3, -0.25) is 14.5 Å². The molecule has 2 aromatic carbocycles. The first kappa shape index (κ1) is 19.8. The highest BCUT2D eigenvalue weighted by atomic mass is 35.5. The van der Waals surface area contributed by atoms with Gasteiger partial charge in [0.25, 0.3) is 5.91 Å². The van der Waals surface area contributed by atoms with Crippen molar-refractivity contribution in [1.82, 2.24) is 0 Å². The number of aliphatic hydroxyl groups excluding tert-OH is 1. The van der Waals surface area contributed by atoms with Crippen LogP contribution in [0.1, 0.15) is 29.1 Å². The maximum atomic E-state index is 13.2. The second kappa shape index (κ2) is 8.08. The van der Waals surface area contributed by atoms with Crippen LogP contribution in [0.15, 0.2) is 82.7 Å². The summed E-state index contributed by atoms with van der Waals surface area (Å²) in [6, 6.07) is 15.9. The average Bonchev–Trinajstić information content (AvgIpc) is 3.36. The van der Waals surface area contributed by atoms with E-state index < -0.39 is 23.5 Å². The molecule has 1 unspecified atom stereocenters. The zero-order chi connectivity index (χ0) is 21.3. The third-order valence-electron chi connectivity index (χ3n) is 4.77. The molecule has 7 heteroatoms. The summed E-state index contributed by atoms with van der Waals surface area (Å²) in [6.07, 6.45) is 1.36. The lowest BCUT2D eigenvalue weighted by atomic mass is 9.94. The quantitative estimate of drug-likeness (QED) is 0.557. The number of aliphatic hydroxyl groups is 1. The molecule has 1 aliphatic heterocycles. The van der Waals surface area contributed by atoms with Gasteiger partial charge in [-0.25, -0.2) is 0 Å². The van der Waals surface area contributed by atoms with Crippen LogP contribution in [-0.2, 0) is 4.79 Å². The van der Waals surface area contributed by atoms with Crippen LogP contribution in [0.2, 0.25) is 5.02 Å². The number of Topliss-reactive ketones (excluding diaryl/α,β-unsaturated/α-hetero) is 1. The topological polar surface area (TPSA) is 80.0 Å². The minimum atomic E-state index is -0.881. The Bertz CT molecular complexity index is 1140. The molecule has 1 aliphatic rings. The molecule has 1 aromatic heterocycles. The number of carbonyl (C=O) groups excluding carboxylic acids is 2. The van der Waals surface area contributed by atoms with Gasteiger partial charge in [0.1, 0.15) is 5.75 Å². The number of halogens is 1. The van der Waals surface area contributed by atoms with Gasteiger partial charge in [-0.15, -0.1) is 0 Å². The zero-order valence-electron chi connectivity index (χ0n) is 16.0. The second-order valence-corrected chi connectivity index (χ2v) is 7.07. The Morgan fingerprint density at radius 3 is 2.67 bits per heavy atom. The number of carbonyl (C=O) groups is 2. The molecule has 0 radical (unpaired) electrons. The van der Waals surface area contributed by atoms with Gasteiger partial charge in [0.15, 0.2) is 11.5 Å². The van der Waals surface area contributed by atoms with Gasteiger partial charge >= 0.3 is 0 Å². The summed E-state index contributed by atoms with van der Waals surface area (Å²) in [7, 11) is 0. The van der Waals surface area contributed by atoms with Crippen LogP contribution in [0, 0.1) is 0 Å². The highest BCUT2D eigenvalue weighted by Gasteiger charge is 2.45. The van der Waals surface area contributed by atoms with Crippen molar-refractivity contribution in [2.45, 2.75) is 13.0 Å². The van der Waals surface area contributed by atoms with Crippen molar-refractivity contribution in [1.29, 1.82) is 0 Å². The van der Waals surface area contributed by atoms with E-state index in [1.165, 1.54) is 17.2 Å².